The standard InChI is InChI=1S/C14H25N3O4S/c1-14(2,3)21-13(18)17-7-6-15-12(10-17)16-9-11-5-4-8-22(11,19)20/h11H,4-10H2,1-3H3,(H,15,16). The number of hydrogen-bond acceptors (Lipinski definition) is 6. The zero-order valence-corrected chi connectivity index (χ0v) is 14.3. The number of carbonyl (C=O) groups is 1. The van der Waals surface area contributed by atoms with E-state index in [9.17, 15) is 13.2 Å². The minimum Gasteiger partial charge on any atom is -0.444 e. The van der Waals surface area contributed by atoms with Gasteiger partial charge in [-0.3, -0.25) is 9.89 Å². The first-order chi connectivity index (χ1) is 10.2. The topological polar surface area (TPSA) is 88.1 Å². The number of rotatable bonds is 2. The molecular weight excluding hydrogens is 306 g/mol. The second-order valence-electron chi connectivity index (χ2n) is 6.74. The Morgan fingerprint density at radius 2 is 2.18 bits per heavy atom. The van der Waals surface area contributed by atoms with E-state index >= 15 is 0 Å². The second kappa shape index (κ2) is 6.44. The number of nitrogens with one attached hydrogen (secondary N) is 1. The van der Waals surface area contributed by atoms with Gasteiger partial charge in [0.1, 0.15) is 11.4 Å². The molecule has 22 heavy (non-hydrogen) atoms. The van der Waals surface area contributed by atoms with Gasteiger partial charge >= 0.3 is 6.09 Å². The molecule has 7 nitrogen and oxygen atoms in total. The summed E-state index contributed by atoms with van der Waals surface area (Å²) in [5.74, 6) is 0.926. The molecule has 0 radical (unpaired) electrons. The molecule has 0 aromatic carbocycles. The Kier molecular flexibility index (Phi) is 4.99. The predicted octanol–water partition coefficient (Wildman–Crippen LogP) is 0.802. The molecule has 126 valence electrons. The maximum Gasteiger partial charge on any atom is 0.410 e. The molecule has 0 saturated carbocycles. The first kappa shape index (κ1) is 17.1. The van der Waals surface area contributed by atoms with Crippen molar-refractivity contribution < 1.29 is 17.9 Å². The van der Waals surface area contributed by atoms with Crippen molar-refractivity contribution in [2.45, 2.75) is 44.5 Å². The molecule has 1 atom stereocenters. The summed E-state index contributed by atoms with van der Waals surface area (Å²) in [5, 5.41) is 2.75. The van der Waals surface area contributed by atoms with Crippen LogP contribution in [0.15, 0.2) is 4.99 Å². The summed E-state index contributed by atoms with van der Waals surface area (Å²) in [6.45, 7) is 7.19. The Labute approximate surface area is 132 Å². The normalized spacial score (nSPS) is 24.8. The van der Waals surface area contributed by atoms with E-state index in [1.54, 1.807) is 4.90 Å². The molecule has 8 heteroatoms. The SMILES string of the molecule is CC(C)(C)OC(=O)N1CCN=C(NCC2CCCS2(=O)=O)C1. The largest absolute Gasteiger partial charge is 0.444 e. The smallest absolute Gasteiger partial charge is 0.410 e. The first-order valence-corrected chi connectivity index (χ1v) is 9.36. The van der Waals surface area contributed by atoms with Crippen LogP contribution in [0.1, 0.15) is 33.6 Å². The van der Waals surface area contributed by atoms with Crippen molar-refractivity contribution in [3.05, 3.63) is 0 Å². The van der Waals surface area contributed by atoms with E-state index in [1.807, 2.05) is 20.8 Å². The molecule has 2 heterocycles. The highest BCUT2D eigenvalue weighted by Gasteiger charge is 2.32. The van der Waals surface area contributed by atoms with Gasteiger partial charge in [0.2, 0.25) is 0 Å². The number of ether oxygens (including phenoxy) is 1. The maximum atomic E-state index is 12.0. The molecule has 1 N–H and O–H groups in total. The summed E-state index contributed by atoms with van der Waals surface area (Å²) in [5.41, 5.74) is -0.531. The molecule has 2 aliphatic rings. The average Bonchev–Trinajstić information content (AvgIpc) is 2.74. The third-order valence-electron chi connectivity index (χ3n) is 3.66. The van der Waals surface area contributed by atoms with E-state index in [2.05, 4.69) is 10.3 Å². The maximum absolute atomic E-state index is 12.0. The van der Waals surface area contributed by atoms with Crippen LogP contribution in [0.3, 0.4) is 0 Å². The number of amidine groups is 1. The molecule has 2 rings (SSSR count). The lowest BCUT2D eigenvalue weighted by Gasteiger charge is -2.30. The monoisotopic (exact) mass is 331 g/mol. The molecular formula is C14H25N3O4S. The van der Waals surface area contributed by atoms with Crippen LogP contribution in [-0.2, 0) is 14.6 Å². The zero-order chi connectivity index (χ0) is 16.4. The summed E-state index contributed by atoms with van der Waals surface area (Å²) in [6, 6.07) is 0. The molecule has 0 aromatic rings. The Morgan fingerprint density at radius 3 is 2.77 bits per heavy atom. The van der Waals surface area contributed by atoms with E-state index < -0.39 is 15.4 Å². The van der Waals surface area contributed by atoms with E-state index in [4.69, 9.17) is 4.74 Å². The van der Waals surface area contributed by atoms with Gasteiger partial charge in [-0.25, -0.2) is 13.2 Å². The fourth-order valence-electron chi connectivity index (χ4n) is 2.53. The van der Waals surface area contributed by atoms with Gasteiger partial charge in [0.05, 0.1) is 24.1 Å². The van der Waals surface area contributed by atoms with Gasteiger partial charge in [-0.15, -0.1) is 0 Å². The van der Waals surface area contributed by atoms with Crippen molar-refractivity contribution in [2.24, 2.45) is 4.99 Å². The highest BCUT2D eigenvalue weighted by molar-refractivity contribution is 7.92. The van der Waals surface area contributed by atoms with Crippen molar-refractivity contribution in [1.29, 1.82) is 0 Å². The van der Waals surface area contributed by atoms with Gasteiger partial charge in [-0.05, 0) is 33.6 Å². The Morgan fingerprint density at radius 1 is 1.45 bits per heavy atom. The first-order valence-electron chi connectivity index (χ1n) is 7.64. The van der Waals surface area contributed by atoms with Crippen LogP contribution >= 0.6 is 0 Å². The van der Waals surface area contributed by atoms with Crippen molar-refractivity contribution in [3.8, 4) is 0 Å². The molecule has 1 unspecified atom stereocenters. The average molecular weight is 331 g/mol. The van der Waals surface area contributed by atoms with Crippen LogP contribution in [0, 0.1) is 0 Å². The van der Waals surface area contributed by atoms with E-state index in [0.717, 1.165) is 6.42 Å². The number of hydrogen-bond donors (Lipinski definition) is 1. The van der Waals surface area contributed by atoms with Crippen LogP contribution in [0.2, 0.25) is 0 Å². The summed E-state index contributed by atoms with van der Waals surface area (Å²) < 4.78 is 28.9. The lowest BCUT2D eigenvalue weighted by Crippen LogP contribution is -2.48. The summed E-state index contributed by atoms with van der Waals surface area (Å²) in [7, 11) is -2.96. The van der Waals surface area contributed by atoms with Crippen molar-refractivity contribution in [2.75, 3.05) is 31.9 Å². The van der Waals surface area contributed by atoms with Crippen molar-refractivity contribution >= 4 is 21.8 Å². The Balaban J connectivity index is 1.86. The Bertz CT molecular complexity index is 551. The van der Waals surface area contributed by atoms with Crippen LogP contribution < -0.4 is 5.32 Å². The number of carbonyl (C=O) groups excluding carboxylic acids is 1. The highest BCUT2D eigenvalue weighted by Crippen LogP contribution is 2.19. The third-order valence-corrected chi connectivity index (χ3v) is 5.94. The summed E-state index contributed by atoms with van der Waals surface area (Å²) in [4.78, 5) is 18.0. The number of nitrogens with zero attached hydrogens (tertiary/aromatic N) is 2. The molecule has 0 spiro atoms. The van der Waals surface area contributed by atoms with Gasteiger partial charge < -0.3 is 10.1 Å². The molecule has 0 bridgehead atoms. The fourth-order valence-corrected chi connectivity index (χ4v) is 4.29. The Hall–Kier alpha value is -1.31. The fraction of sp³-hybridized carbons (Fsp3) is 0.857. The van der Waals surface area contributed by atoms with Gasteiger partial charge in [0.15, 0.2) is 9.84 Å². The van der Waals surface area contributed by atoms with Gasteiger partial charge in [-0.2, -0.15) is 0 Å². The summed E-state index contributed by atoms with van der Waals surface area (Å²) in [6.07, 6.45) is 1.05. The lowest BCUT2D eigenvalue weighted by molar-refractivity contribution is 0.0276. The van der Waals surface area contributed by atoms with Gasteiger partial charge in [0, 0.05) is 13.1 Å². The molecule has 0 aliphatic carbocycles. The molecule has 0 aromatic heterocycles. The third kappa shape index (κ3) is 4.59. The minimum atomic E-state index is -2.96. The van der Waals surface area contributed by atoms with Crippen molar-refractivity contribution in [3.63, 3.8) is 0 Å². The van der Waals surface area contributed by atoms with Crippen molar-refractivity contribution in [1.82, 2.24) is 10.2 Å². The highest BCUT2D eigenvalue weighted by atomic mass is 32.2. The minimum absolute atomic E-state index is 0.274. The molecule has 1 fully saturated rings. The zero-order valence-electron chi connectivity index (χ0n) is 13.5. The van der Waals surface area contributed by atoms with Gasteiger partial charge in [-0.1, -0.05) is 0 Å². The molecule has 1 saturated heterocycles. The van der Waals surface area contributed by atoms with E-state index in [1.165, 1.54) is 0 Å². The van der Waals surface area contributed by atoms with Crippen LogP contribution in [0.5, 0.6) is 0 Å². The molecule has 1 amide bonds. The van der Waals surface area contributed by atoms with Crippen LogP contribution in [0.4, 0.5) is 4.79 Å². The van der Waals surface area contributed by atoms with Crippen LogP contribution in [-0.4, -0.2) is 68.0 Å². The number of sulfone groups is 1. The van der Waals surface area contributed by atoms with Crippen LogP contribution in [0.25, 0.3) is 0 Å². The quantitative estimate of drug-likeness (QED) is 0.809. The molecule has 2 aliphatic heterocycles. The lowest BCUT2D eigenvalue weighted by atomic mass is 10.2. The number of amides is 1. The van der Waals surface area contributed by atoms with E-state index in [-0.39, 0.29) is 17.1 Å². The second-order valence-corrected chi connectivity index (χ2v) is 9.14. The van der Waals surface area contributed by atoms with Gasteiger partial charge in [0.25, 0.3) is 0 Å². The predicted molar refractivity (Wildman–Crippen MR) is 84.9 cm³/mol. The van der Waals surface area contributed by atoms with E-state index in [0.29, 0.717) is 38.4 Å². The number of aliphatic imine (C=N–C) groups is 1. The summed E-state index contributed by atoms with van der Waals surface area (Å²) >= 11 is 0.